The summed E-state index contributed by atoms with van der Waals surface area (Å²) in [5.74, 6) is -1.73. The first-order valence-electron chi connectivity index (χ1n) is 11.2. The number of pyridine rings is 1. The number of rotatable bonds is 7. The molecule has 1 N–H and O–H groups in total. The Kier molecular flexibility index (Phi) is 6.19. The summed E-state index contributed by atoms with van der Waals surface area (Å²) >= 11 is 0. The molecule has 0 bridgehead atoms. The van der Waals surface area contributed by atoms with Gasteiger partial charge in [0.15, 0.2) is 0 Å². The summed E-state index contributed by atoms with van der Waals surface area (Å²) in [5, 5.41) is 9.48. The lowest BCUT2D eigenvalue weighted by atomic mass is 10.1. The zero-order chi connectivity index (χ0) is 23.0. The molecule has 2 fully saturated rings. The predicted octanol–water partition coefficient (Wildman–Crippen LogP) is 2.16. The normalized spacial score (nSPS) is 17.0. The van der Waals surface area contributed by atoms with E-state index in [2.05, 4.69) is 4.90 Å². The summed E-state index contributed by atoms with van der Waals surface area (Å²) in [7, 11) is 0. The lowest BCUT2D eigenvalue weighted by molar-refractivity contribution is -0.132. The Morgan fingerprint density at radius 3 is 2.34 bits per heavy atom. The number of anilines is 1. The fraction of sp³-hybridized carbons (Fsp3) is 0.522. The van der Waals surface area contributed by atoms with Crippen LogP contribution in [0.2, 0.25) is 0 Å². The highest BCUT2D eigenvalue weighted by Crippen LogP contribution is 2.38. The molecule has 32 heavy (non-hydrogen) atoms. The summed E-state index contributed by atoms with van der Waals surface area (Å²) in [6.07, 6.45) is 3.20. The Morgan fingerprint density at radius 1 is 1.12 bits per heavy atom. The highest BCUT2D eigenvalue weighted by atomic mass is 19.1. The zero-order valence-corrected chi connectivity index (χ0v) is 18.5. The third kappa shape index (κ3) is 4.21. The summed E-state index contributed by atoms with van der Waals surface area (Å²) in [6, 6.07) is 2.99. The van der Waals surface area contributed by atoms with Crippen molar-refractivity contribution in [1.29, 1.82) is 0 Å². The molecule has 2 heterocycles. The molecule has 1 saturated heterocycles. The first kappa shape index (κ1) is 22.3. The molecule has 0 unspecified atom stereocenters. The molecule has 0 spiro atoms. The largest absolute Gasteiger partial charge is 0.477 e. The molecular weight excluding hydrogens is 415 g/mol. The molecule has 1 amide bonds. The fourth-order valence-corrected chi connectivity index (χ4v) is 4.42. The Bertz CT molecular complexity index is 1100. The van der Waals surface area contributed by atoms with Crippen molar-refractivity contribution in [3.8, 4) is 0 Å². The number of fused-ring (bicyclic) bond motifs is 1. The van der Waals surface area contributed by atoms with Crippen molar-refractivity contribution >= 4 is 28.5 Å². The van der Waals surface area contributed by atoms with Gasteiger partial charge in [0.1, 0.15) is 11.4 Å². The number of aromatic nitrogens is 1. The zero-order valence-electron chi connectivity index (χ0n) is 18.5. The van der Waals surface area contributed by atoms with Crippen molar-refractivity contribution in [3.63, 3.8) is 0 Å². The van der Waals surface area contributed by atoms with Gasteiger partial charge in [-0.15, -0.1) is 0 Å². The Hall–Kier alpha value is -2.94. The lowest BCUT2D eigenvalue weighted by Crippen LogP contribution is -2.50. The van der Waals surface area contributed by atoms with Crippen LogP contribution in [0.25, 0.3) is 10.9 Å². The minimum absolute atomic E-state index is 0.0986. The number of aromatic carboxylic acids is 1. The van der Waals surface area contributed by atoms with Gasteiger partial charge >= 0.3 is 5.97 Å². The van der Waals surface area contributed by atoms with Crippen LogP contribution in [-0.4, -0.2) is 77.2 Å². The van der Waals surface area contributed by atoms with Gasteiger partial charge in [-0.05, 0) is 38.8 Å². The standard InChI is InChI=1S/C23H29FN4O4/c1-3-26(4-2)21(29)14-25-7-9-27(10-8-25)20-12-19-16(11-18(20)24)22(30)17(23(31)32)13-28(19)15-5-6-15/h11-13,15H,3-10,14H2,1-2H3,(H,31,32). The van der Waals surface area contributed by atoms with Crippen LogP contribution in [-0.2, 0) is 4.79 Å². The molecule has 8 nitrogen and oxygen atoms in total. The lowest BCUT2D eigenvalue weighted by Gasteiger charge is -2.36. The van der Waals surface area contributed by atoms with E-state index in [4.69, 9.17) is 0 Å². The van der Waals surface area contributed by atoms with Gasteiger partial charge in [0.25, 0.3) is 0 Å². The van der Waals surface area contributed by atoms with Gasteiger partial charge in [0.2, 0.25) is 11.3 Å². The quantitative estimate of drug-likeness (QED) is 0.705. The number of carbonyl (C=O) groups is 2. The van der Waals surface area contributed by atoms with Gasteiger partial charge in [-0.3, -0.25) is 14.5 Å². The van der Waals surface area contributed by atoms with Crippen molar-refractivity contribution in [3.05, 3.63) is 39.9 Å². The van der Waals surface area contributed by atoms with Crippen LogP contribution in [0.15, 0.2) is 23.1 Å². The van der Waals surface area contributed by atoms with Crippen molar-refractivity contribution in [2.45, 2.75) is 32.7 Å². The molecule has 1 aliphatic carbocycles. The number of hydrogen-bond acceptors (Lipinski definition) is 5. The fourth-order valence-electron chi connectivity index (χ4n) is 4.42. The van der Waals surface area contributed by atoms with E-state index in [0.29, 0.717) is 57.0 Å². The second-order valence-corrected chi connectivity index (χ2v) is 8.47. The third-order valence-electron chi connectivity index (χ3n) is 6.46. The van der Waals surface area contributed by atoms with E-state index < -0.39 is 17.2 Å². The SMILES string of the molecule is CCN(CC)C(=O)CN1CCN(c2cc3c(cc2F)c(=O)c(C(=O)O)cn3C2CC2)CC1. The first-order valence-corrected chi connectivity index (χ1v) is 11.2. The van der Waals surface area contributed by atoms with Gasteiger partial charge in [0.05, 0.1) is 17.7 Å². The van der Waals surface area contributed by atoms with Crippen LogP contribution in [0.5, 0.6) is 0 Å². The van der Waals surface area contributed by atoms with Gasteiger partial charge in [-0.1, -0.05) is 0 Å². The Labute approximate surface area is 185 Å². The van der Waals surface area contributed by atoms with Crippen LogP contribution in [0, 0.1) is 5.82 Å². The molecule has 4 rings (SSSR count). The molecule has 1 aromatic carbocycles. The molecule has 1 aliphatic heterocycles. The second-order valence-electron chi connectivity index (χ2n) is 8.47. The third-order valence-corrected chi connectivity index (χ3v) is 6.46. The Morgan fingerprint density at radius 2 is 1.78 bits per heavy atom. The number of likely N-dealkylation sites (N-methyl/N-ethyl adjacent to an activating group) is 1. The smallest absolute Gasteiger partial charge is 0.341 e. The van der Waals surface area contributed by atoms with E-state index in [-0.39, 0.29) is 22.9 Å². The molecule has 0 radical (unpaired) electrons. The molecular formula is C23H29FN4O4. The first-order chi connectivity index (χ1) is 15.3. The van der Waals surface area contributed by atoms with Crippen LogP contribution in [0.3, 0.4) is 0 Å². The predicted molar refractivity (Wildman–Crippen MR) is 120 cm³/mol. The van der Waals surface area contributed by atoms with Gasteiger partial charge < -0.3 is 19.5 Å². The summed E-state index contributed by atoms with van der Waals surface area (Å²) in [6.45, 7) is 8.05. The van der Waals surface area contributed by atoms with Gasteiger partial charge in [0, 0.05) is 56.9 Å². The Balaban J connectivity index is 1.58. The second kappa shape index (κ2) is 8.90. The van der Waals surface area contributed by atoms with Crippen LogP contribution >= 0.6 is 0 Å². The average Bonchev–Trinajstić information content (AvgIpc) is 3.60. The van der Waals surface area contributed by atoms with Crippen molar-refractivity contribution < 1.29 is 19.1 Å². The molecule has 2 aromatic rings. The number of hydrogen-bond donors (Lipinski definition) is 1. The van der Waals surface area contributed by atoms with Crippen LogP contribution in [0.1, 0.15) is 43.1 Å². The highest BCUT2D eigenvalue weighted by molar-refractivity contribution is 5.93. The average molecular weight is 445 g/mol. The minimum atomic E-state index is -1.30. The molecule has 1 saturated carbocycles. The molecule has 1 aromatic heterocycles. The topological polar surface area (TPSA) is 86.1 Å². The number of carboxylic acids is 1. The van der Waals surface area contributed by atoms with E-state index in [1.54, 1.807) is 11.0 Å². The van der Waals surface area contributed by atoms with Crippen molar-refractivity contribution in [2.24, 2.45) is 0 Å². The summed E-state index contributed by atoms with van der Waals surface area (Å²) in [4.78, 5) is 42.3. The minimum Gasteiger partial charge on any atom is -0.477 e. The maximum atomic E-state index is 15.1. The molecule has 2 aliphatic rings. The maximum absolute atomic E-state index is 15.1. The van der Waals surface area contributed by atoms with E-state index in [0.717, 1.165) is 12.8 Å². The molecule has 0 atom stereocenters. The molecule has 172 valence electrons. The van der Waals surface area contributed by atoms with Gasteiger partial charge in [-0.2, -0.15) is 0 Å². The van der Waals surface area contributed by atoms with Crippen LogP contribution < -0.4 is 10.3 Å². The molecule has 9 heteroatoms. The number of nitrogens with zero attached hydrogens (tertiary/aromatic N) is 4. The monoisotopic (exact) mass is 444 g/mol. The number of halogens is 1. The summed E-state index contributed by atoms with van der Waals surface area (Å²) in [5.41, 5.74) is -0.0141. The number of piperazine rings is 1. The number of benzene rings is 1. The van der Waals surface area contributed by atoms with E-state index in [9.17, 15) is 19.5 Å². The number of amides is 1. The highest BCUT2D eigenvalue weighted by Gasteiger charge is 2.29. The summed E-state index contributed by atoms with van der Waals surface area (Å²) < 4.78 is 16.9. The van der Waals surface area contributed by atoms with Crippen molar-refractivity contribution in [2.75, 3.05) is 50.7 Å². The van der Waals surface area contributed by atoms with E-state index >= 15 is 4.39 Å². The van der Waals surface area contributed by atoms with E-state index in [1.165, 1.54) is 12.3 Å². The maximum Gasteiger partial charge on any atom is 0.341 e. The van der Waals surface area contributed by atoms with Gasteiger partial charge in [-0.25, -0.2) is 9.18 Å². The number of carboxylic acid groups (broad SMARTS) is 1. The van der Waals surface area contributed by atoms with Crippen LogP contribution in [0.4, 0.5) is 10.1 Å². The van der Waals surface area contributed by atoms with E-state index in [1.807, 2.05) is 23.3 Å². The van der Waals surface area contributed by atoms with Crippen molar-refractivity contribution in [1.82, 2.24) is 14.4 Å². The number of carbonyl (C=O) groups excluding carboxylic acids is 1.